The standard InChI is InChI=1S/C17H14N.C14H14N.Rh/c1-13-7-3-5-9-15(13)17-16-10-6-4-8-14(16)11-12-18(17)2;1-11-7-4-5-9-13(11)14-12(2)8-6-10-15(14)3;/h3-12H,1-2H2;4-10H,1,3H2,2H3;/q2*-1;. The van der Waals surface area contributed by atoms with Crippen molar-refractivity contribution in [2.24, 2.45) is 0 Å². The predicted molar refractivity (Wildman–Crippen MR) is 137 cm³/mol. The van der Waals surface area contributed by atoms with Gasteiger partial charge >= 0.3 is 0 Å². The first-order chi connectivity index (χ1) is 16.0. The summed E-state index contributed by atoms with van der Waals surface area (Å²) in [5.74, 6) is 0. The topological polar surface area (TPSA) is 7.76 Å². The van der Waals surface area contributed by atoms with Crippen molar-refractivity contribution in [1.29, 1.82) is 0 Å². The zero-order valence-electron chi connectivity index (χ0n) is 19.4. The molecule has 2 aromatic heterocycles. The minimum atomic E-state index is 0. The van der Waals surface area contributed by atoms with Crippen LogP contribution in [0.4, 0.5) is 0 Å². The second-order valence-corrected chi connectivity index (χ2v) is 8.05. The van der Waals surface area contributed by atoms with Gasteiger partial charge in [0.15, 0.2) is 0 Å². The van der Waals surface area contributed by atoms with Crippen LogP contribution in [-0.4, -0.2) is 0 Å². The van der Waals surface area contributed by atoms with Crippen molar-refractivity contribution in [3.8, 4) is 22.5 Å². The van der Waals surface area contributed by atoms with Crippen LogP contribution < -0.4 is 9.13 Å². The number of hydrogen-bond acceptors (Lipinski definition) is 0. The van der Waals surface area contributed by atoms with E-state index in [-0.39, 0.29) is 19.5 Å². The summed E-state index contributed by atoms with van der Waals surface area (Å²) >= 11 is 0. The molecule has 0 bridgehead atoms. The fourth-order valence-electron chi connectivity index (χ4n) is 4.10. The monoisotopic (exact) mass is 531 g/mol. The van der Waals surface area contributed by atoms with Crippen LogP contribution in [0.3, 0.4) is 0 Å². The van der Waals surface area contributed by atoms with E-state index < -0.39 is 0 Å². The van der Waals surface area contributed by atoms with E-state index in [0.29, 0.717) is 0 Å². The molecule has 1 radical (unpaired) electrons. The van der Waals surface area contributed by atoms with Crippen molar-refractivity contribution in [2.45, 2.75) is 6.92 Å². The van der Waals surface area contributed by atoms with E-state index in [4.69, 9.17) is 0 Å². The van der Waals surface area contributed by atoms with Crippen molar-refractivity contribution >= 4 is 10.8 Å². The molecule has 5 rings (SSSR count). The van der Waals surface area contributed by atoms with E-state index in [9.17, 15) is 0 Å². The fraction of sp³-hybridized carbons (Fsp3) is 0.0323. The van der Waals surface area contributed by atoms with Crippen LogP contribution in [0.1, 0.15) is 16.7 Å². The Bertz CT molecular complexity index is 1400. The van der Waals surface area contributed by atoms with Crippen molar-refractivity contribution in [3.05, 3.63) is 148 Å². The Hall–Kier alpha value is -3.68. The summed E-state index contributed by atoms with van der Waals surface area (Å²) < 4.78 is 3.80. The molecule has 0 saturated carbocycles. The number of aryl methyl sites for hydroxylation is 1. The fourth-order valence-corrected chi connectivity index (χ4v) is 4.10. The second kappa shape index (κ2) is 11.0. The van der Waals surface area contributed by atoms with Crippen molar-refractivity contribution in [1.82, 2.24) is 0 Å². The van der Waals surface area contributed by atoms with E-state index in [1.54, 1.807) is 0 Å². The van der Waals surface area contributed by atoms with Gasteiger partial charge in [0.05, 0.1) is 23.8 Å². The minimum absolute atomic E-state index is 0. The predicted octanol–water partition coefficient (Wildman–Crippen LogP) is 6.39. The van der Waals surface area contributed by atoms with Gasteiger partial charge in [-0.3, -0.25) is 0 Å². The SMILES string of the molecule is [CH2-]c1ccccc1-c1c(C)ccc[n+]1[CH2-].[CH2-]c1ccccc1-c1c2ccccc2cc[n+]1[CH2-].[Rh]. The summed E-state index contributed by atoms with van der Waals surface area (Å²) in [6.07, 6.45) is 3.94. The van der Waals surface area contributed by atoms with Gasteiger partial charge in [-0.1, -0.05) is 48.5 Å². The number of benzene rings is 3. The van der Waals surface area contributed by atoms with Crippen molar-refractivity contribution < 1.29 is 28.6 Å². The first-order valence-electron chi connectivity index (χ1n) is 10.9. The summed E-state index contributed by atoms with van der Waals surface area (Å²) in [5, 5.41) is 2.42. The van der Waals surface area contributed by atoms with Gasteiger partial charge in [-0.2, -0.15) is 37.1 Å². The molecule has 0 saturated heterocycles. The van der Waals surface area contributed by atoms with E-state index >= 15 is 0 Å². The number of nitrogens with zero attached hydrogens (tertiary/aromatic N) is 2. The van der Waals surface area contributed by atoms with E-state index in [0.717, 1.165) is 33.6 Å². The molecule has 0 unspecified atom stereocenters. The van der Waals surface area contributed by atoms with Gasteiger partial charge in [0.1, 0.15) is 0 Å². The third kappa shape index (κ3) is 5.11. The first kappa shape index (κ1) is 25.0. The Morgan fingerprint density at radius 3 is 1.71 bits per heavy atom. The third-order valence-electron chi connectivity index (χ3n) is 5.76. The summed E-state index contributed by atoms with van der Waals surface area (Å²) in [7, 11) is 8.06. The molecular weight excluding hydrogens is 503 g/mol. The van der Waals surface area contributed by atoms with Crippen LogP contribution in [0.2, 0.25) is 0 Å². The van der Waals surface area contributed by atoms with Crippen LogP contribution in [0.25, 0.3) is 33.3 Å². The van der Waals surface area contributed by atoms with Gasteiger partial charge in [-0.15, -0.1) is 35.4 Å². The average Bonchev–Trinajstić information content (AvgIpc) is 2.81. The Kier molecular flexibility index (Phi) is 8.05. The number of hydrogen-bond donors (Lipinski definition) is 0. The smallest absolute Gasteiger partial charge is 0.0692 e. The quantitative estimate of drug-likeness (QED) is 0.142. The van der Waals surface area contributed by atoms with E-state index in [1.165, 1.54) is 16.3 Å². The number of aromatic nitrogens is 2. The van der Waals surface area contributed by atoms with Gasteiger partial charge in [0, 0.05) is 33.6 Å². The number of pyridine rings is 2. The molecule has 3 heteroatoms. The molecule has 34 heavy (non-hydrogen) atoms. The van der Waals surface area contributed by atoms with E-state index in [1.807, 2.05) is 64.0 Å². The third-order valence-corrected chi connectivity index (χ3v) is 5.76. The normalized spacial score (nSPS) is 10.1. The molecule has 5 aromatic rings. The molecule has 0 aliphatic carbocycles. The Morgan fingerprint density at radius 1 is 0.559 bits per heavy atom. The Labute approximate surface area is 216 Å². The average molecular weight is 531 g/mol. The maximum atomic E-state index is 4.10. The molecule has 0 atom stereocenters. The molecule has 0 spiro atoms. The maximum Gasteiger partial charge on any atom is 0.0692 e. The second-order valence-electron chi connectivity index (χ2n) is 8.05. The van der Waals surface area contributed by atoms with Crippen molar-refractivity contribution in [3.63, 3.8) is 0 Å². The van der Waals surface area contributed by atoms with Crippen molar-refractivity contribution in [2.75, 3.05) is 0 Å². The maximum absolute atomic E-state index is 4.10. The van der Waals surface area contributed by atoms with Gasteiger partial charge in [-0.05, 0) is 29.3 Å². The molecule has 0 N–H and O–H groups in total. The molecule has 0 fully saturated rings. The number of rotatable bonds is 2. The zero-order chi connectivity index (χ0) is 23.4. The first-order valence-corrected chi connectivity index (χ1v) is 10.9. The van der Waals surface area contributed by atoms with E-state index in [2.05, 4.69) is 83.4 Å². The van der Waals surface area contributed by atoms with Gasteiger partial charge < -0.3 is 9.13 Å². The molecule has 2 nitrogen and oxygen atoms in total. The van der Waals surface area contributed by atoms with Gasteiger partial charge in [-0.25, -0.2) is 0 Å². The molecular formula is C31H28N2Rh-2. The van der Waals surface area contributed by atoms with Crippen LogP contribution in [0.5, 0.6) is 0 Å². The summed E-state index contributed by atoms with van der Waals surface area (Å²) in [5.41, 5.74) is 7.77. The van der Waals surface area contributed by atoms with Crippen LogP contribution in [0.15, 0.2) is 103 Å². The largest absolute Gasteiger partial charge is 0.343 e. The Balaban J connectivity index is 0.000000188. The zero-order valence-corrected chi connectivity index (χ0v) is 21.0. The summed E-state index contributed by atoms with van der Waals surface area (Å²) in [6.45, 7) is 10.2. The minimum Gasteiger partial charge on any atom is -0.343 e. The summed E-state index contributed by atoms with van der Waals surface area (Å²) in [6, 6.07) is 30.8. The van der Waals surface area contributed by atoms with Crippen LogP contribution in [-0.2, 0) is 19.5 Å². The summed E-state index contributed by atoms with van der Waals surface area (Å²) in [4.78, 5) is 0. The molecule has 3 aromatic carbocycles. The molecule has 0 aliphatic rings. The van der Waals surface area contributed by atoms with Crippen LogP contribution >= 0.6 is 0 Å². The molecule has 0 aliphatic heterocycles. The van der Waals surface area contributed by atoms with Gasteiger partial charge in [0.2, 0.25) is 0 Å². The van der Waals surface area contributed by atoms with Gasteiger partial charge in [0.25, 0.3) is 0 Å². The van der Waals surface area contributed by atoms with Crippen LogP contribution in [0, 0.1) is 34.9 Å². The number of fused-ring (bicyclic) bond motifs is 1. The molecule has 0 amide bonds. The Morgan fingerprint density at radius 2 is 1.09 bits per heavy atom. The molecule has 173 valence electrons. The molecule has 2 heterocycles.